The lowest BCUT2D eigenvalue weighted by Gasteiger charge is -2.11. The highest BCUT2D eigenvalue weighted by Gasteiger charge is 2.06. The fourth-order valence-corrected chi connectivity index (χ4v) is 2.26. The topological polar surface area (TPSA) is 50.8 Å². The van der Waals surface area contributed by atoms with Gasteiger partial charge >= 0.3 is 0 Å². The average Bonchev–Trinajstić information content (AvgIpc) is 2.59. The Bertz CT molecular complexity index is 654. The van der Waals surface area contributed by atoms with Crippen LogP contribution in [0.15, 0.2) is 48.5 Å². The lowest BCUT2D eigenvalue weighted by Crippen LogP contribution is -2.28. The summed E-state index contributed by atoms with van der Waals surface area (Å²) in [6, 6.07) is 15.5. The van der Waals surface area contributed by atoms with Gasteiger partial charge in [-0.1, -0.05) is 36.4 Å². The van der Waals surface area contributed by atoms with E-state index in [0.717, 1.165) is 12.1 Å². The Balaban J connectivity index is 1.78. The van der Waals surface area contributed by atoms with Gasteiger partial charge in [-0.2, -0.15) is 0 Å². The number of ether oxygens (including phenoxy) is 2. The van der Waals surface area contributed by atoms with Crippen molar-refractivity contribution in [2.45, 2.75) is 13.1 Å². The quantitative estimate of drug-likeness (QED) is 0.809. The molecule has 0 aliphatic heterocycles. The van der Waals surface area contributed by atoms with Crippen molar-refractivity contribution in [3.8, 4) is 11.5 Å². The van der Waals surface area contributed by atoms with Crippen molar-refractivity contribution in [1.29, 1.82) is 0 Å². The number of carbonyl (C=O) groups is 1. The van der Waals surface area contributed by atoms with Crippen LogP contribution in [0.4, 0.5) is 0 Å². The molecule has 24 heavy (non-hydrogen) atoms. The van der Waals surface area contributed by atoms with Gasteiger partial charge in [-0.15, -0.1) is 0 Å². The molecule has 2 aromatic carbocycles. The van der Waals surface area contributed by atoms with Crippen LogP contribution in [0.2, 0.25) is 0 Å². The molecule has 2 aromatic rings. The van der Waals surface area contributed by atoms with Crippen LogP contribution in [-0.4, -0.2) is 38.6 Å². The molecule has 0 bridgehead atoms. The van der Waals surface area contributed by atoms with Crippen LogP contribution < -0.4 is 14.8 Å². The second-order valence-corrected chi connectivity index (χ2v) is 5.77. The van der Waals surface area contributed by atoms with Crippen molar-refractivity contribution in [1.82, 2.24) is 10.2 Å². The van der Waals surface area contributed by atoms with Gasteiger partial charge in [0.05, 0.1) is 7.11 Å². The van der Waals surface area contributed by atoms with Gasteiger partial charge in [0, 0.05) is 13.1 Å². The number of carbonyl (C=O) groups excluding carboxylic acids is 1. The number of hydrogen-bond donors (Lipinski definition) is 1. The molecule has 5 nitrogen and oxygen atoms in total. The van der Waals surface area contributed by atoms with Crippen molar-refractivity contribution in [3.05, 3.63) is 59.7 Å². The Kier molecular flexibility index (Phi) is 6.63. The smallest absolute Gasteiger partial charge is 0.258 e. The Hall–Kier alpha value is -2.53. The maximum atomic E-state index is 11.9. The molecule has 0 aliphatic rings. The molecule has 5 heteroatoms. The highest BCUT2D eigenvalue weighted by Crippen LogP contribution is 2.25. The molecule has 0 radical (unpaired) electrons. The Morgan fingerprint density at radius 2 is 1.62 bits per heavy atom. The van der Waals surface area contributed by atoms with Gasteiger partial charge in [-0.3, -0.25) is 4.79 Å². The van der Waals surface area contributed by atoms with Gasteiger partial charge in [0.2, 0.25) is 0 Å². The maximum absolute atomic E-state index is 11.9. The van der Waals surface area contributed by atoms with Crippen molar-refractivity contribution in [2.24, 2.45) is 0 Å². The molecule has 2 rings (SSSR count). The zero-order valence-electron chi connectivity index (χ0n) is 14.4. The van der Waals surface area contributed by atoms with Gasteiger partial charge in [-0.05, 0) is 37.4 Å². The van der Waals surface area contributed by atoms with Crippen LogP contribution in [0.25, 0.3) is 0 Å². The fraction of sp³-hybridized carbons (Fsp3) is 0.316. The van der Waals surface area contributed by atoms with Gasteiger partial charge in [0.15, 0.2) is 18.1 Å². The summed E-state index contributed by atoms with van der Waals surface area (Å²) in [4.78, 5) is 14.0. The predicted molar refractivity (Wildman–Crippen MR) is 94.2 cm³/mol. The third-order valence-electron chi connectivity index (χ3n) is 3.44. The monoisotopic (exact) mass is 328 g/mol. The van der Waals surface area contributed by atoms with Gasteiger partial charge in [0.25, 0.3) is 5.91 Å². The lowest BCUT2D eigenvalue weighted by atomic mass is 10.1. The van der Waals surface area contributed by atoms with E-state index in [9.17, 15) is 4.79 Å². The van der Waals surface area contributed by atoms with E-state index in [1.54, 1.807) is 19.2 Å². The molecule has 0 aliphatic carbocycles. The standard InChI is InChI=1S/C19H24N2O3/c1-21(2)13-16-10-8-15(9-11-16)12-20-19(22)14-24-18-7-5-4-6-17(18)23-3/h4-11H,12-14H2,1-3H3,(H,20,22). The minimum Gasteiger partial charge on any atom is -0.493 e. The first-order valence-electron chi connectivity index (χ1n) is 7.83. The van der Waals surface area contributed by atoms with Gasteiger partial charge in [-0.25, -0.2) is 0 Å². The maximum Gasteiger partial charge on any atom is 0.258 e. The highest BCUT2D eigenvalue weighted by atomic mass is 16.5. The summed E-state index contributed by atoms with van der Waals surface area (Å²) in [6.07, 6.45) is 0. The Morgan fingerprint density at radius 3 is 2.25 bits per heavy atom. The van der Waals surface area contributed by atoms with E-state index >= 15 is 0 Å². The summed E-state index contributed by atoms with van der Waals surface area (Å²) < 4.78 is 10.7. The largest absolute Gasteiger partial charge is 0.493 e. The molecule has 0 atom stereocenters. The van der Waals surface area contributed by atoms with E-state index in [4.69, 9.17) is 9.47 Å². The van der Waals surface area contributed by atoms with E-state index in [2.05, 4.69) is 22.3 Å². The van der Waals surface area contributed by atoms with Crippen molar-refractivity contribution >= 4 is 5.91 Å². The first kappa shape index (κ1) is 17.8. The summed E-state index contributed by atoms with van der Waals surface area (Å²) in [7, 11) is 5.65. The summed E-state index contributed by atoms with van der Waals surface area (Å²) in [5, 5.41) is 2.85. The third-order valence-corrected chi connectivity index (χ3v) is 3.44. The number of para-hydroxylation sites is 2. The Labute approximate surface area is 143 Å². The fourth-order valence-electron chi connectivity index (χ4n) is 2.26. The zero-order valence-corrected chi connectivity index (χ0v) is 14.4. The van der Waals surface area contributed by atoms with Crippen LogP contribution in [0.3, 0.4) is 0 Å². The van der Waals surface area contributed by atoms with E-state index in [-0.39, 0.29) is 12.5 Å². The molecule has 0 unspecified atom stereocenters. The molecule has 0 saturated carbocycles. The summed E-state index contributed by atoms with van der Waals surface area (Å²) in [5.74, 6) is 1.00. The van der Waals surface area contributed by atoms with E-state index < -0.39 is 0 Å². The third kappa shape index (κ3) is 5.59. The van der Waals surface area contributed by atoms with Crippen molar-refractivity contribution in [2.75, 3.05) is 27.8 Å². The minimum absolute atomic E-state index is 0.0426. The molecule has 0 heterocycles. The normalized spacial score (nSPS) is 10.5. The lowest BCUT2D eigenvalue weighted by molar-refractivity contribution is -0.123. The minimum atomic E-state index is -0.168. The number of benzene rings is 2. The second-order valence-electron chi connectivity index (χ2n) is 5.77. The molecule has 0 saturated heterocycles. The molecule has 0 fully saturated rings. The molecule has 1 N–H and O–H groups in total. The van der Waals surface area contributed by atoms with E-state index in [1.165, 1.54) is 5.56 Å². The number of rotatable bonds is 8. The first-order valence-corrected chi connectivity index (χ1v) is 7.83. The van der Waals surface area contributed by atoms with Gasteiger partial charge < -0.3 is 19.7 Å². The van der Waals surface area contributed by atoms with Crippen LogP contribution in [0.1, 0.15) is 11.1 Å². The average molecular weight is 328 g/mol. The molecule has 0 spiro atoms. The highest BCUT2D eigenvalue weighted by molar-refractivity contribution is 5.77. The number of hydrogen-bond acceptors (Lipinski definition) is 4. The summed E-state index contributed by atoms with van der Waals surface area (Å²) >= 11 is 0. The van der Waals surface area contributed by atoms with Crippen molar-refractivity contribution in [3.63, 3.8) is 0 Å². The number of nitrogens with zero attached hydrogens (tertiary/aromatic N) is 1. The molecular formula is C19H24N2O3. The van der Waals surface area contributed by atoms with Crippen LogP contribution in [0.5, 0.6) is 11.5 Å². The predicted octanol–water partition coefficient (Wildman–Crippen LogP) is 2.45. The number of amides is 1. The number of methoxy groups -OCH3 is 1. The second kappa shape index (κ2) is 8.93. The Morgan fingerprint density at radius 1 is 1.00 bits per heavy atom. The molecule has 128 valence electrons. The number of nitrogens with one attached hydrogen (secondary N) is 1. The van der Waals surface area contributed by atoms with Crippen molar-refractivity contribution < 1.29 is 14.3 Å². The SMILES string of the molecule is COc1ccccc1OCC(=O)NCc1ccc(CN(C)C)cc1. The molecule has 1 amide bonds. The van der Waals surface area contributed by atoms with Crippen LogP contribution in [0, 0.1) is 0 Å². The van der Waals surface area contributed by atoms with E-state index in [0.29, 0.717) is 18.0 Å². The van der Waals surface area contributed by atoms with Gasteiger partial charge in [0.1, 0.15) is 0 Å². The molecule has 0 aromatic heterocycles. The molecular weight excluding hydrogens is 304 g/mol. The van der Waals surface area contributed by atoms with Crippen LogP contribution in [-0.2, 0) is 17.9 Å². The van der Waals surface area contributed by atoms with Crippen LogP contribution >= 0.6 is 0 Å². The summed E-state index contributed by atoms with van der Waals surface area (Å²) in [5.41, 5.74) is 2.30. The first-order chi connectivity index (χ1) is 11.6. The zero-order chi connectivity index (χ0) is 17.4. The summed E-state index contributed by atoms with van der Waals surface area (Å²) in [6.45, 7) is 1.34. The van der Waals surface area contributed by atoms with E-state index in [1.807, 2.05) is 38.4 Å².